The van der Waals surface area contributed by atoms with E-state index in [1.54, 1.807) is 31.2 Å². The molecule has 0 fully saturated rings. The first-order valence-corrected chi connectivity index (χ1v) is 14.8. The van der Waals surface area contributed by atoms with E-state index in [1.165, 1.54) is 4.90 Å². The molecular weight excluding hydrogens is 545 g/mol. The van der Waals surface area contributed by atoms with Gasteiger partial charge in [-0.05, 0) is 95.6 Å². The van der Waals surface area contributed by atoms with Crippen LogP contribution in [0.3, 0.4) is 0 Å². The minimum absolute atomic E-state index is 0.0902. The Morgan fingerprint density at radius 3 is 2.20 bits per heavy atom. The average Bonchev–Trinajstić information content (AvgIpc) is 2.90. The van der Waals surface area contributed by atoms with E-state index in [4.69, 9.17) is 4.74 Å². The van der Waals surface area contributed by atoms with Crippen LogP contribution in [0, 0.1) is 12.7 Å². The molecule has 0 heterocycles. The summed E-state index contributed by atoms with van der Waals surface area (Å²) < 4.78 is 47.7. The topological polar surface area (TPSA) is 96.0 Å². The van der Waals surface area contributed by atoms with Gasteiger partial charge in [-0.2, -0.15) is 0 Å². The van der Waals surface area contributed by atoms with Gasteiger partial charge in [-0.3, -0.25) is 13.9 Å². The Bertz CT molecular complexity index is 1450. The normalized spacial score (nSPS) is 12.4. The van der Waals surface area contributed by atoms with Crippen molar-refractivity contribution in [1.29, 1.82) is 0 Å². The lowest BCUT2D eigenvalue weighted by Crippen LogP contribution is -2.54. The fourth-order valence-corrected chi connectivity index (χ4v) is 5.62. The highest BCUT2D eigenvalue weighted by Crippen LogP contribution is 2.27. The van der Waals surface area contributed by atoms with Crippen molar-refractivity contribution in [2.45, 2.75) is 64.6 Å². The summed E-state index contributed by atoms with van der Waals surface area (Å²) in [4.78, 5) is 28.4. The van der Waals surface area contributed by atoms with Gasteiger partial charge in [0.2, 0.25) is 11.8 Å². The summed E-state index contributed by atoms with van der Waals surface area (Å²) in [6.07, 6.45) is 0. The van der Waals surface area contributed by atoms with Gasteiger partial charge < -0.3 is 15.0 Å². The van der Waals surface area contributed by atoms with Crippen LogP contribution in [0.1, 0.15) is 45.7 Å². The number of halogens is 1. The summed E-state index contributed by atoms with van der Waals surface area (Å²) in [7, 11) is -4.30. The van der Waals surface area contributed by atoms with Crippen LogP contribution in [-0.2, 0) is 26.2 Å². The predicted octanol–water partition coefficient (Wildman–Crippen LogP) is 5.06. The smallest absolute Gasteiger partial charge is 0.264 e. The fourth-order valence-electron chi connectivity index (χ4n) is 4.20. The van der Waals surface area contributed by atoms with Crippen LogP contribution in [0.2, 0.25) is 0 Å². The quantitative estimate of drug-likeness (QED) is 0.341. The van der Waals surface area contributed by atoms with Crippen molar-refractivity contribution in [3.05, 3.63) is 89.7 Å². The molecule has 3 rings (SSSR count). The minimum atomic E-state index is -4.30. The molecule has 41 heavy (non-hydrogen) atoms. The first-order valence-electron chi connectivity index (χ1n) is 13.4. The molecule has 3 aromatic carbocycles. The number of benzene rings is 3. The van der Waals surface area contributed by atoms with Crippen LogP contribution in [-0.4, -0.2) is 49.9 Å². The second kappa shape index (κ2) is 13.2. The zero-order valence-electron chi connectivity index (χ0n) is 24.3. The molecule has 0 saturated carbocycles. The monoisotopic (exact) mass is 583 g/mol. The van der Waals surface area contributed by atoms with E-state index in [9.17, 15) is 22.4 Å². The number of ether oxygens (including phenoxy) is 1. The number of rotatable bonds is 11. The van der Waals surface area contributed by atoms with Crippen molar-refractivity contribution < 1.29 is 27.1 Å². The summed E-state index contributed by atoms with van der Waals surface area (Å²) in [5.41, 5.74) is 1.46. The lowest BCUT2D eigenvalue weighted by molar-refractivity contribution is -0.140. The molecule has 0 aromatic heterocycles. The average molecular weight is 584 g/mol. The van der Waals surface area contributed by atoms with E-state index in [0.29, 0.717) is 12.4 Å². The van der Waals surface area contributed by atoms with E-state index >= 15 is 0 Å². The summed E-state index contributed by atoms with van der Waals surface area (Å²) in [6, 6.07) is 17.4. The van der Waals surface area contributed by atoms with Crippen LogP contribution in [0.4, 0.5) is 10.1 Å². The summed E-state index contributed by atoms with van der Waals surface area (Å²) >= 11 is 0. The van der Waals surface area contributed by atoms with Gasteiger partial charge in [0.15, 0.2) is 0 Å². The molecule has 0 aliphatic heterocycles. The van der Waals surface area contributed by atoms with Gasteiger partial charge in [0.1, 0.15) is 24.2 Å². The van der Waals surface area contributed by atoms with Gasteiger partial charge in [-0.1, -0.05) is 29.8 Å². The molecular formula is C31H38FN3O5S. The third-order valence-corrected chi connectivity index (χ3v) is 8.01. The van der Waals surface area contributed by atoms with Crippen LogP contribution in [0.15, 0.2) is 77.7 Å². The standard InChI is InChI=1S/C31H38FN3O5S/c1-7-40-27-15-13-26(14-16-27)35(41(38,39)28-17-11-25(32)12-18-28)21-29(36)34(20-24-10-8-9-22(2)19-24)23(3)30(37)33-31(4,5)6/h8-19,23H,7,20-21H2,1-6H3,(H,33,37)/t23-/m1/s1. The number of anilines is 1. The van der Waals surface area contributed by atoms with Crippen molar-refractivity contribution in [2.75, 3.05) is 17.5 Å². The van der Waals surface area contributed by atoms with Crippen molar-refractivity contribution in [3.8, 4) is 5.75 Å². The maximum atomic E-state index is 14.0. The number of nitrogens with one attached hydrogen (secondary N) is 1. The SMILES string of the molecule is CCOc1ccc(N(CC(=O)N(Cc2cccc(C)c2)[C@H](C)C(=O)NC(C)(C)C)S(=O)(=O)c2ccc(F)cc2)cc1. The highest BCUT2D eigenvalue weighted by Gasteiger charge is 2.33. The molecule has 0 saturated heterocycles. The molecule has 0 bridgehead atoms. The zero-order valence-corrected chi connectivity index (χ0v) is 25.2. The summed E-state index contributed by atoms with van der Waals surface area (Å²) in [5, 5.41) is 2.90. The van der Waals surface area contributed by atoms with E-state index in [2.05, 4.69) is 5.32 Å². The number of carbonyl (C=O) groups is 2. The predicted molar refractivity (Wildman–Crippen MR) is 158 cm³/mol. The Hall–Kier alpha value is -3.92. The third-order valence-electron chi connectivity index (χ3n) is 6.22. The largest absolute Gasteiger partial charge is 0.494 e. The van der Waals surface area contributed by atoms with Crippen LogP contribution >= 0.6 is 0 Å². The van der Waals surface area contributed by atoms with Crippen LogP contribution in [0.5, 0.6) is 5.75 Å². The number of nitrogens with zero attached hydrogens (tertiary/aromatic N) is 2. The Labute approximate surface area is 242 Å². The van der Waals surface area contributed by atoms with Crippen molar-refractivity contribution in [2.24, 2.45) is 0 Å². The number of aryl methyl sites for hydroxylation is 1. The highest BCUT2D eigenvalue weighted by molar-refractivity contribution is 7.92. The Morgan fingerprint density at radius 1 is 1.00 bits per heavy atom. The van der Waals surface area contributed by atoms with Crippen LogP contribution in [0.25, 0.3) is 0 Å². The number of hydrogen-bond acceptors (Lipinski definition) is 5. The number of carbonyl (C=O) groups excluding carboxylic acids is 2. The van der Waals surface area contributed by atoms with Crippen molar-refractivity contribution >= 4 is 27.5 Å². The summed E-state index contributed by atoms with van der Waals surface area (Å²) in [6.45, 7) is 10.8. The number of amides is 2. The van der Waals surface area contributed by atoms with Crippen molar-refractivity contribution in [1.82, 2.24) is 10.2 Å². The summed E-state index contributed by atoms with van der Waals surface area (Å²) in [5.74, 6) is -0.999. The highest BCUT2D eigenvalue weighted by atomic mass is 32.2. The number of sulfonamides is 1. The molecule has 8 nitrogen and oxygen atoms in total. The lowest BCUT2D eigenvalue weighted by atomic mass is 10.1. The molecule has 3 aromatic rings. The van der Waals surface area contributed by atoms with Crippen molar-refractivity contribution in [3.63, 3.8) is 0 Å². The number of hydrogen-bond donors (Lipinski definition) is 1. The lowest BCUT2D eigenvalue weighted by Gasteiger charge is -2.33. The van der Waals surface area contributed by atoms with E-state index < -0.39 is 39.9 Å². The molecule has 0 aliphatic carbocycles. The van der Waals surface area contributed by atoms with Gasteiger partial charge in [0.05, 0.1) is 17.2 Å². The van der Waals surface area contributed by atoms with E-state index in [1.807, 2.05) is 58.9 Å². The molecule has 0 spiro atoms. The second-order valence-corrected chi connectivity index (χ2v) is 12.7. The molecule has 2 amide bonds. The molecule has 0 radical (unpaired) electrons. The van der Waals surface area contributed by atoms with E-state index in [0.717, 1.165) is 39.7 Å². The molecule has 1 N–H and O–H groups in total. The molecule has 0 aliphatic rings. The third kappa shape index (κ3) is 8.53. The first kappa shape index (κ1) is 31.6. The van der Waals surface area contributed by atoms with E-state index in [-0.39, 0.29) is 23.0 Å². The Balaban J connectivity index is 2.04. The molecule has 10 heteroatoms. The van der Waals surface area contributed by atoms with Crippen LogP contribution < -0.4 is 14.4 Å². The molecule has 220 valence electrons. The zero-order chi connectivity index (χ0) is 30.4. The van der Waals surface area contributed by atoms with Gasteiger partial charge in [0.25, 0.3) is 10.0 Å². The maximum absolute atomic E-state index is 14.0. The van der Waals surface area contributed by atoms with Gasteiger partial charge in [-0.25, -0.2) is 12.8 Å². The minimum Gasteiger partial charge on any atom is -0.494 e. The molecule has 1 atom stereocenters. The second-order valence-electron chi connectivity index (χ2n) is 10.8. The maximum Gasteiger partial charge on any atom is 0.264 e. The van der Waals surface area contributed by atoms with Gasteiger partial charge in [-0.15, -0.1) is 0 Å². The molecule has 0 unspecified atom stereocenters. The first-order chi connectivity index (χ1) is 19.2. The van der Waals surface area contributed by atoms with Gasteiger partial charge >= 0.3 is 0 Å². The Kier molecular flexibility index (Phi) is 10.1. The van der Waals surface area contributed by atoms with Gasteiger partial charge in [0, 0.05) is 12.1 Å². The Morgan fingerprint density at radius 2 is 1.63 bits per heavy atom. The fraction of sp³-hybridized carbons (Fsp3) is 0.355.